The number of fused-ring (bicyclic) bond motifs is 1. The molecule has 0 bridgehead atoms. The molecule has 0 saturated carbocycles. The van der Waals surface area contributed by atoms with E-state index in [1.165, 1.54) is 0 Å². The highest BCUT2D eigenvalue weighted by atomic mass is 16.5. The van der Waals surface area contributed by atoms with Crippen molar-refractivity contribution < 1.29 is 14.6 Å². The van der Waals surface area contributed by atoms with Crippen LogP contribution in [0.1, 0.15) is 59.2 Å². The third-order valence-electron chi connectivity index (χ3n) is 5.34. The van der Waals surface area contributed by atoms with Crippen molar-refractivity contribution in [1.29, 1.82) is 0 Å². The Bertz CT molecular complexity index is 980. The molecule has 32 heavy (non-hydrogen) atoms. The number of aromatic nitrogens is 3. The van der Waals surface area contributed by atoms with Gasteiger partial charge in [-0.1, -0.05) is 27.7 Å². The SMILES string of the molecule is CC(C)CC(=O)CN(C)c1nc(-c2cc(OCC(C)(C)O)ccn2)nc2c1CC(C)(C)C2. The highest BCUT2D eigenvalue weighted by Gasteiger charge is 2.34. The van der Waals surface area contributed by atoms with E-state index in [-0.39, 0.29) is 17.8 Å². The van der Waals surface area contributed by atoms with Gasteiger partial charge in [0.05, 0.1) is 17.8 Å². The third-order valence-corrected chi connectivity index (χ3v) is 5.34. The second-order valence-corrected chi connectivity index (χ2v) is 10.8. The van der Waals surface area contributed by atoms with E-state index in [0.29, 0.717) is 36.2 Å². The molecular formula is C25H36N4O3. The zero-order valence-electron chi connectivity index (χ0n) is 20.4. The van der Waals surface area contributed by atoms with Gasteiger partial charge in [-0.2, -0.15) is 0 Å². The van der Waals surface area contributed by atoms with Gasteiger partial charge in [-0.3, -0.25) is 9.78 Å². The lowest BCUT2D eigenvalue weighted by Gasteiger charge is -2.22. The summed E-state index contributed by atoms with van der Waals surface area (Å²) in [5, 5.41) is 9.95. The van der Waals surface area contributed by atoms with E-state index in [0.717, 1.165) is 29.9 Å². The first-order chi connectivity index (χ1) is 14.8. The lowest BCUT2D eigenvalue weighted by Crippen LogP contribution is -2.28. The summed E-state index contributed by atoms with van der Waals surface area (Å²) in [6.45, 7) is 12.5. The number of hydrogen-bond acceptors (Lipinski definition) is 7. The number of nitrogens with zero attached hydrogens (tertiary/aromatic N) is 4. The Morgan fingerprint density at radius 2 is 2.00 bits per heavy atom. The minimum absolute atomic E-state index is 0.0955. The highest BCUT2D eigenvalue weighted by molar-refractivity contribution is 5.83. The number of carbonyl (C=O) groups excluding carboxylic acids is 1. The molecule has 2 aromatic rings. The van der Waals surface area contributed by atoms with Crippen molar-refractivity contribution >= 4 is 11.6 Å². The Morgan fingerprint density at radius 1 is 1.28 bits per heavy atom. The molecule has 174 valence electrons. The molecule has 0 saturated heterocycles. The van der Waals surface area contributed by atoms with Gasteiger partial charge in [-0.05, 0) is 44.1 Å². The van der Waals surface area contributed by atoms with Gasteiger partial charge < -0.3 is 14.7 Å². The number of Topliss-reactive ketones (excluding diaryl/α,β-unsaturated/α-hetero) is 1. The molecule has 0 unspecified atom stereocenters. The molecule has 0 spiro atoms. The number of hydrogen-bond donors (Lipinski definition) is 1. The van der Waals surface area contributed by atoms with Crippen molar-refractivity contribution in [2.75, 3.05) is 25.1 Å². The molecule has 7 nitrogen and oxygen atoms in total. The van der Waals surface area contributed by atoms with E-state index in [9.17, 15) is 9.90 Å². The molecule has 2 aromatic heterocycles. The van der Waals surface area contributed by atoms with Crippen LogP contribution in [0, 0.1) is 11.3 Å². The van der Waals surface area contributed by atoms with Gasteiger partial charge in [0.2, 0.25) is 0 Å². The Morgan fingerprint density at radius 3 is 2.66 bits per heavy atom. The number of likely N-dealkylation sites (N-methyl/N-ethyl adjacent to an activating group) is 1. The van der Waals surface area contributed by atoms with Crippen LogP contribution in [-0.2, 0) is 17.6 Å². The summed E-state index contributed by atoms with van der Waals surface area (Å²) in [4.78, 5) is 28.6. The third kappa shape index (κ3) is 6.25. The van der Waals surface area contributed by atoms with Gasteiger partial charge in [0, 0.05) is 31.3 Å². The monoisotopic (exact) mass is 440 g/mol. The van der Waals surface area contributed by atoms with E-state index in [1.807, 2.05) is 11.9 Å². The topological polar surface area (TPSA) is 88.4 Å². The normalized spacial score (nSPS) is 15.0. The van der Waals surface area contributed by atoms with Gasteiger partial charge in [0.1, 0.15) is 23.9 Å². The fraction of sp³-hybridized carbons (Fsp3) is 0.600. The van der Waals surface area contributed by atoms with Crippen LogP contribution in [0.5, 0.6) is 5.75 Å². The summed E-state index contributed by atoms with van der Waals surface area (Å²) in [6, 6.07) is 3.55. The molecule has 0 aliphatic heterocycles. The fourth-order valence-corrected chi connectivity index (χ4v) is 4.01. The Kier molecular flexibility index (Phi) is 6.89. The average molecular weight is 441 g/mol. The number of ketones is 1. The number of aliphatic hydroxyl groups is 1. The Balaban J connectivity index is 1.95. The molecule has 1 aliphatic carbocycles. The van der Waals surface area contributed by atoms with E-state index in [2.05, 4.69) is 32.7 Å². The summed E-state index contributed by atoms with van der Waals surface area (Å²) in [5.74, 6) is 2.46. The van der Waals surface area contributed by atoms with E-state index in [1.54, 1.807) is 32.2 Å². The number of carbonyl (C=O) groups is 1. The van der Waals surface area contributed by atoms with E-state index >= 15 is 0 Å². The van der Waals surface area contributed by atoms with Crippen LogP contribution in [0.25, 0.3) is 11.5 Å². The van der Waals surface area contributed by atoms with Crippen LogP contribution in [0.2, 0.25) is 0 Å². The molecule has 1 N–H and O–H groups in total. The van der Waals surface area contributed by atoms with Crippen molar-refractivity contribution in [3.8, 4) is 17.3 Å². The van der Waals surface area contributed by atoms with Crippen molar-refractivity contribution in [2.45, 2.75) is 66.4 Å². The second-order valence-electron chi connectivity index (χ2n) is 10.8. The first kappa shape index (κ1) is 24.1. The maximum absolute atomic E-state index is 12.5. The van der Waals surface area contributed by atoms with E-state index in [4.69, 9.17) is 14.7 Å². The Hall–Kier alpha value is -2.54. The summed E-state index contributed by atoms with van der Waals surface area (Å²) >= 11 is 0. The molecule has 7 heteroatoms. The molecule has 0 atom stereocenters. The van der Waals surface area contributed by atoms with Crippen LogP contribution in [0.15, 0.2) is 18.3 Å². The minimum atomic E-state index is -0.933. The number of ether oxygens (including phenoxy) is 1. The van der Waals surface area contributed by atoms with Crippen molar-refractivity contribution in [3.63, 3.8) is 0 Å². The molecule has 0 radical (unpaired) electrons. The van der Waals surface area contributed by atoms with Gasteiger partial charge in [-0.15, -0.1) is 0 Å². The zero-order valence-corrected chi connectivity index (χ0v) is 20.4. The largest absolute Gasteiger partial charge is 0.490 e. The summed E-state index contributed by atoms with van der Waals surface area (Å²) in [5.41, 5.74) is 1.90. The molecule has 2 heterocycles. The maximum Gasteiger partial charge on any atom is 0.180 e. The summed E-state index contributed by atoms with van der Waals surface area (Å²) in [7, 11) is 1.92. The second kappa shape index (κ2) is 9.14. The van der Waals surface area contributed by atoms with Crippen molar-refractivity contribution in [3.05, 3.63) is 29.6 Å². The van der Waals surface area contributed by atoms with Gasteiger partial charge in [0.15, 0.2) is 11.6 Å². The molecule has 0 aromatic carbocycles. The predicted octanol–water partition coefficient (Wildman–Crippen LogP) is 3.86. The Labute approximate surface area is 191 Å². The lowest BCUT2D eigenvalue weighted by atomic mass is 9.90. The zero-order chi connectivity index (χ0) is 23.7. The van der Waals surface area contributed by atoms with Crippen LogP contribution < -0.4 is 9.64 Å². The van der Waals surface area contributed by atoms with Crippen molar-refractivity contribution in [2.24, 2.45) is 11.3 Å². The van der Waals surface area contributed by atoms with Crippen LogP contribution in [0.4, 0.5) is 5.82 Å². The smallest absolute Gasteiger partial charge is 0.180 e. The van der Waals surface area contributed by atoms with Crippen LogP contribution in [0.3, 0.4) is 0 Å². The first-order valence-corrected chi connectivity index (χ1v) is 11.3. The van der Waals surface area contributed by atoms with Gasteiger partial charge in [-0.25, -0.2) is 9.97 Å². The number of anilines is 1. The predicted molar refractivity (Wildman–Crippen MR) is 126 cm³/mol. The maximum atomic E-state index is 12.5. The van der Waals surface area contributed by atoms with Gasteiger partial charge >= 0.3 is 0 Å². The summed E-state index contributed by atoms with van der Waals surface area (Å²) < 4.78 is 5.72. The molecule has 1 aliphatic rings. The molecular weight excluding hydrogens is 404 g/mol. The number of rotatable bonds is 9. The van der Waals surface area contributed by atoms with Gasteiger partial charge in [0.25, 0.3) is 0 Å². The van der Waals surface area contributed by atoms with Crippen LogP contribution in [-0.4, -0.2) is 51.6 Å². The van der Waals surface area contributed by atoms with Crippen LogP contribution >= 0.6 is 0 Å². The molecule has 3 rings (SSSR count). The quantitative estimate of drug-likeness (QED) is 0.633. The number of pyridine rings is 1. The summed E-state index contributed by atoms with van der Waals surface area (Å²) in [6.07, 6.45) is 3.94. The van der Waals surface area contributed by atoms with E-state index < -0.39 is 5.60 Å². The lowest BCUT2D eigenvalue weighted by molar-refractivity contribution is -0.118. The fourth-order valence-electron chi connectivity index (χ4n) is 4.01. The minimum Gasteiger partial charge on any atom is -0.490 e. The average Bonchev–Trinajstić information content (AvgIpc) is 2.98. The molecule has 0 fully saturated rings. The first-order valence-electron chi connectivity index (χ1n) is 11.3. The standard InChI is InChI=1S/C25H36N4O3/c1-16(2)10-17(30)14-29(7)23-19-12-24(3,4)13-21(19)27-22(28-23)20-11-18(8-9-26-20)32-15-25(5,6)31/h8-9,11,16,31H,10,12-15H2,1-7H3. The van der Waals surface area contributed by atoms with Crippen molar-refractivity contribution in [1.82, 2.24) is 15.0 Å². The molecule has 0 amide bonds. The highest BCUT2D eigenvalue weighted by Crippen LogP contribution is 2.40.